The van der Waals surface area contributed by atoms with Gasteiger partial charge in [-0.25, -0.2) is 9.59 Å². The fourth-order valence-corrected chi connectivity index (χ4v) is 2.08. The van der Waals surface area contributed by atoms with Crippen molar-refractivity contribution in [3.8, 4) is 0 Å². The monoisotopic (exact) mass is 294 g/mol. The topological polar surface area (TPSA) is 129 Å². The highest BCUT2D eigenvalue weighted by Crippen LogP contribution is 2.39. The lowest BCUT2D eigenvalue weighted by Crippen LogP contribution is -2.34. The Morgan fingerprint density at radius 3 is 2.24 bits per heavy atom. The highest BCUT2D eigenvalue weighted by molar-refractivity contribution is 6.02. The van der Waals surface area contributed by atoms with Gasteiger partial charge in [0.2, 0.25) is 0 Å². The second kappa shape index (κ2) is 6.17. The molecule has 0 saturated heterocycles. The second-order valence-electron chi connectivity index (χ2n) is 4.64. The fraction of sp³-hybridized carbons (Fsp3) is 0.286. The number of allylic oxidation sites excluding steroid dienone is 1. The van der Waals surface area contributed by atoms with Crippen molar-refractivity contribution >= 4 is 23.7 Å². The van der Waals surface area contributed by atoms with Crippen LogP contribution < -0.4 is 0 Å². The Morgan fingerprint density at radius 1 is 1.19 bits per heavy atom. The molecule has 0 bridgehead atoms. The highest BCUT2D eigenvalue weighted by Gasteiger charge is 2.42. The molecule has 0 heterocycles. The molecule has 7 heteroatoms. The van der Waals surface area contributed by atoms with Gasteiger partial charge in [-0.15, -0.1) is 0 Å². The Morgan fingerprint density at radius 2 is 1.81 bits per heavy atom. The molecule has 0 aromatic rings. The summed E-state index contributed by atoms with van der Waals surface area (Å²) in [6, 6.07) is 0. The summed E-state index contributed by atoms with van der Waals surface area (Å²) < 4.78 is 0. The Balaban J connectivity index is 3.17. The molecule has 1 aliphatic carbocycles. The quantitative estimate of drug-likeness (QED) is 0.598. The molecule has 112 valence electrons. The van der Waals surface area contributed by atoms with Crippen LogP contribution >= 0.6 is 0 Å². The van der Waals surface area contributed by atoms with Crippen LogP contribution in [0.4, 0.5) is 0 Å². The summed E-state index contributed by atoms with van der Waals surface area (Å²) in [6.45, 7) is 3.27. The van der Waals surface area contributed by atoms with Crippen LogP contribution in [-0.4, -0.2) is 39.0 Å². The van der Waals surface area contributed by atoms with E-state index in [1.165, 1.54) is 0 Å². The molecule has 0 aromatic carbocycles. The van der Waals surface area contributed by atoms with Gasteiger partial charge in [0.15, 0.2) is 5.78 Å². The summed E-state index contributed by atoms with van der Waals surface area (Å²) in [5.74, 6) is -4.60. The van der Waals surface area contributed by atoms with E-state index in [-0.39, 0.29) is 18.6 Å². The molecule has 0 aromatic heterocycles. The summed E-state index contributed by atoms with van der Waals surface area (Å²) in [5, 5.41) is 27.3. The third-order valence-electron chi connectivity index (χ3n) is 3.35. The molecule has 0 saturated carbocycles. The molecule has 0 aliphatic heterocycles. The average molecular weight is 294 g/mol. The van der Waals surface area contributed by atoms with Gasteiger partial charge in [0, 0.05) is 12.8 Å². The molecule has 0 fully saturated rings. The Hall–Kier alpha value is -2.70. The molecule has 0 spiro atoms. The van der Waals surface area contributed by atoms with Crippen molar-refractivity contribution in [1.82, 2.24) is 0 Å². The van der Waals surface area contributed by atoms with Gasteiger partial charge in [0.25, 0.3) is 0 Å². The van der Waals surface area contributed by atoms with Crippen LogP contribution in [0.1, 0.15) is 19.3 Å². The number of carbonyl (C=O) groups excluding carboxylic acids is 1. The van der Waals surface area contributed by atoms with Crippen molar-refractivity contribution in [3.63, 3.8) is 0 Å². The zero-order valence-corrected chi connectivity index (χ0v) is 11.0. The standard InChI is InChI=1S/C14H14O7/c1-2-8(15)3-5-14(13(20)21)6-4-9(11(16)17)10(7-14)12(18)19/h2,4,6H,1,3,5,7H2,(H,16,17)(H,18,19)(H,20,21). The molecular formula is C14H14O7. The number of carbonyl (C=O) groups is 4. The summed E-state index contributed by atoms with van der Waals surface area (Å²) >= 11 is 0. The summed E-state index contributed by atoms with van der Waals surface area (Å²) in [7, 11) is 0. The average Bonchev–Trinajstić information content (AvgIpc) is 2.43. The lowest BCUT2D eigenvalue weighted by Gasteiger charge is -2.29. The number of carboxylic acid groups (broad SMARTS) is 3. The predicted octanol–water partition coefficient (Wildman–Crippen LogP) is 1.02. The first kappa shape index (κ1) is 16.4. The molecule has 3 N–H and O–H groups in total. The van der Waals surface area contributed by atoms with E-state index in [4.69, 9.17) is 10.2 Å². The maximum absolute atomic E-state index is 11.5. The largest absolute Gasteiger partial charge is 0.481 e. The van der Waals surface area contributed by atoms with Crippen LogP contribution in [0.2, 0.25) is 0 Å². The van der Waals surface area contributed by atoms with Crippen LogP contribution in [0.5, 0.6) is 0 Å². The van der Waals surface area contributed by atoms with Crippen molar-refractivity contribution in [2.45, 2.75) is 19.3 Å². The SMILES string of the molecule is C=CC(=O)CCC1(C(=O)O)C=CC(C(=O)O)=C(C(=O)O)C1. The van der Waals surface area contributed by atoms with Gasteiger partial charge >= 0.3 is 17.9 Å². The normalized spacial score (nSPS) is 21.0. The van der Waals surface area contributed by atoms with Gasteiger partial charge in [0.1, 0.15) is 0 Å². The molecule has 0 radical (unpaired) electrons. The van der Waals surface area contributed by atoms with Gasteiger partial charge in [-0.2, -0.15) is 0 Å². The van der Waals surface area contributed by atoms with Crippen LogP contribution in [-0.2, 0) is 19.2 Å². The first-order valence-electron chi connectivity index (χ1n) is 6.01. The van der Waals surface area contributed by atoms with Crippen molar-refractivity contribution in [2.75, 3.05) is 0 Å². The maximum atomic E-state index is 11.5. The zero-order chi connectivity index (χ0) is 16.2. The number of hydrogen-bond donors (Lipinski definition) is 3. The van der Waals surface area contributed by atoms with Gasteiger partial charge < -0.3 is 15.3 Å². The number of carboxylic acids is 3. The smallest absolute Gasteiger partial charge is 0.336 e. The van der Waals surface area contributed by atoms with Crippen LogP contribution in [0, 0.1) is 5.41 Å². The second-order valence-corrected chi connectivity index (χ2v) is 4.64. The number of ketones is 1. The number of rotatable bonds is 7. The lowest BCUT2D eigenvalue weighted by molar-refractivity contribution is -0.147. The van der Waals surface area contributed by atoms with Gasteiger partial charge in [0.05, 0.1) is 16.6 Å². The minimum absolute atomic E-state index is 0.116. The van der Waals surface area contributed by atoms with Crippen molar-refractivity contribution in [3.05, 3.63) is 36.0 Å². The Kier molecular flexibility index (Phi) is 4.80. The van der Waals surface area contributed by atoms with Crippen LogP contribution in [0.25, 0.3) is 0 Å². The van der Waals surface area contributed by atoms with Gasteiger partial charge in [-0.05, 0) is 18.6 Å². The molecule has 1 unspecified atom stereocenters. The molecule has 1 atom stereocenters. The van der Waals surface area contributed by atoms with Crippen molar-refractivity contribution in [1.29, 1.82) is 0 Å². The van der Waals surface area contributed by atoms with Gasteiger partial charge in [-0.3, -0.25) is 9.59 Å². The van der Waals surface area contributed by atoms with Crippen LogP contribution in [0.15, 0.2) is 36.0 Å². The summed E-state index contributed by atoms with van der Waals surface area (Å²) in [4.78, 5) is 44.8. The summed E-state index contributed by atoms with van der Waals surface area (Å²) in [5.41, 5.74) is -2.54. The van der Waals surface area contributed by atoms with E-state index in [1.54, 1.807) is 0 Å². The molecule has 1 rings (SSSR count). The van der Waals surface area contributed by atoms with E-state index >= 15 is 0 Å². The van der Waals surface area contributed by atoms with E-state index in [0.29, 0.717) is 0 Å². The lowest BCUT2D eigenvalue weighted by atomic mass is 9.73. The first-order chi connectivity index (χ1) is 9.73. The molecule has 21 heavy (non-hydrogen) atoms. The fourth-order valence-electron chi connectivity index (χ4n) is 2.08. The molecule has 1 aliphatic rings. The first-order valence-corrected chi connectivity index (χ1v) is 6.01. The highest BCUT2D eigenvalue weighted by atomic mass is 16.4. The zero-order valence-electron chi connectivity index (χ0n) is 11.0. The van der Waals surface area contributed by atoms with Crippen molar-refractivity contribution in [2.24, 2.45) is 5.41 Å². The minimum atomic E-state index is -1.61. The molecule has 7 nitrogen and oxygen atoms in total. The minimum Gasteiger partial charge on any atom is -0.481 e. The van der Waals surface area contributed by atoms with Crippen molar-refractivity contribution < 1.29 is 34.5 Å². The molecule has 0 amide bonds. The third-order valence-corrected chi connectivity index (χ3v) is 3.35. The number of hydrogen-bond acceptors (Lipinski definition) is 4. The van der Waals surface area contributed by atoms with Crippen LogP contribution in [0.3, 0.4) is 0 Å². The third kappa shape index (κ3) is 3.44. The van der Waals surface area contributed by atoms with E-state index < -0.39 is 40.9 Å². The van der Waals surface area contributed by atoms with E-state index in [2.05, 4.69) is 6.58 Å². The predicted molar refractivity (Wildman–Crippen MR) is 70.6 cm³/mol. The number of aliphatic carboxylic acids is 3. The molecular weight excluding hydrogens is 280 g/mol. The summed E-state index contributed by atoms with van der Waals surface area (Å²) in [6.07, 6.45) is 2.44. The maximum Gasteiger partial charge on any atom is 0.336 e. The van der Waals surface area contributed by atoms with Gasteiger partial charge in [-0.1, -0.05) is 12.7 Å². The Labute approximate surface area is 119 Å². The Bertz CT molecular complexity index is 582. The van der Waals surface area contributed by atoms with E-state index in [9.17, 15) is 24.3 Å². The van der Waals surface area contributed by atoms with E-state index in [1.807, 2.05) is 0 Å². The van der Waals surface area contributed by atoms with E-state index in [0.717, 1.165) is 18.2 Å².